The number of aliphatic hydroxyl groups is 1. The molecule has 1 amide bonds. The first kappa shape index (κ1) is 20.8. The molecule has 1 fully saturated rings. The van der Waals surface area contributed by atoms with Crippen LogP contribution in [0.2, 0.25) is 0 Å². The molecule has 1 aromatic heterocycles. The molecule has 1 saturated heterocycles. The van der Waals surface area contributed by atoms with Gasteiger partial charge in [-0.25, -0.2) is 4.98 Å². The number of amides is 1. The van der Waals surface area contributed by atoms with Crippen molar-refractivity contribution in [2.45, 2.75) is 30.3 Å². The molecular formula is C18H17N2NaO4S2. The fourth-order valence-corrected chi connectivity index (χ4v) is 6.10. The topological polar surface area (TPSA) is 93.6 Å². The van der Waals surface area contributed by atoms with E-state index >= 15 is 0 Å². The maximum atomic E-state index is 12.3. The predicted molar refractivity (Wildman–Crippen MR) is 97.3 cm³/mol. The van der Waals surface area contributed by atoms with Gasteiger partial charge in [0.05, 0.1) is 39.9 Å². The Balaban J connectivity index is 0.00000210. The van der Waals surface area contributed by atoms with E-state index in [9.17, 15) is 19.8 Å². The number of aromatic nitrogens is 1. The molecule has 0 aliphatic carbocycles. The van der Waals surface area contributed by atoms with Crippen molar-refractivity contribution in [3.63, 3.8) is 0 Å². The van der Waals surface area contributed by atoms with Crippen molar-refractivity contribution in [1.82, 2.24) is 9.88 Å². The van der Waals surface area contributed by atoms with E-state index in [1.54, 1.807) is 18.3 Å². The van der Waals surface area contributed by atoms with Gasteiger partial charge in [0.2, 0.25) is 5.91 Å². The van der Waals surface area contributed by atoms with Gasteiger partial charge in [0.15, 0.2) is 4.34 Å². The Morgan fingerprint density at radius 2 is 2.15 bits per heavy atom. The number of carbonyl (C=O) groups excluding carboxylic acids is 2. The van der Waals surface area contributed by atoms with Gasteiger partial charge < -0.3 is 19.9 Å². The van der Waals surface area contributed by atoms with Crippen LogP contribution in [0.1, 0.15) is 13.8 Å². The maximum Gasteiger partial charge on any atom is 1.00 e. The van der Waals surface area contributed by atoms with Gasteiger partial charge in [0.1, 0.15) is 0 Å². The van der Waals surface area contributed by atoms with Crippen molar-refractivity contribution >= 4 is 45.2 Å². The molecule has 0 radical (unpaired) electrons. The minimum atomic E-state index is -1.34. The number of thiazole rings is 1. The molecule has 0 spiro atoms. The zero-order valence-corrected chi connectivity index (χ0v) is 18.8. The van der Waals surface area contributed by atoms with Gasteiger partial charge in [0.25, 0.3) is 0 Å². The first-order valence-electron chi connectivity index (χ1n) is 8.34. The number of carboxylic acid groups (broad SMARTS) is 1. The number of rotatable bonds is 5. The van der Waals surface area contributed by atoms with Gasteiger partial charge in [-0.15, -0.1) is 11.3 Å². The summed E-state index contributed by atoms with van der Waals surface area (Å²) >= 11 is 3.03. The quantitative estimate of drug-likeness (QED) is 0.356. The number of hydrogen-bond donors (Lipinski definition) is 1. The van der Waals surface area contributed by atoms with E-state index in [4.69, 9.17) is 0 Å². The van der Waals surface area contributed by atoms with Crippen molar-refractivity contribution in [3.8, 4) is 0 Å². The van der Waals surface area contributed by atoms with E-state index in [1.165, 1.54) is 16.7 Å². The third-order valence-corrected chi connectivity index (χ3v) is 7.36. The Labute approximate surface area is 186 Å². The molecule has 0 unspecified atom stereocenters. The molecule has 0 bridgehead atoms. The van der Waals surface area contributed by atoms with Crippen LogP contribution in [-0.2, 0) is 9.59 Å². The van der Waals surface area contributed by atoms with Crippen LogP contribution in [-0.4, -0.2) is 44.8 Å². The number of aliphatic hydroxyl groups excluding tert-OH is 1. The molecule has 2 aliphatic heterocycles. The van der Waals surface area contributed by atoms with Crippen molar-refractivity contribution in [3.05, 3.63) is 35.5 Å². The molecule has 2 aromatic rings. The summed E-state index contributed by atoms with van der Waals surface area (Å²) in [6.07, 6.45) is -0.800. The zero-order chi connectivity index (χ0) is 18.6. The molecule has 9 heteroatoms. The van der Waals surface area contributed by atoms with Gasteiger partial charge in [-0.2, -0.15) is 0 Å². The van der Waals surface area contributed by atoms with Gasteiger partial charge in [0, 0.05) is 11.7 Å². The average Bonchev–Trinajstić information content (AvgIpc) is 3.09. The standard InChI is InChI=1S/C18H18N2O4S2.Na/c1-8-10(7-25-18-19-11-5-3-4-6-12(11)26-18)15(17(23)24)20-14(8)13(9(2)21)16(20)22;/h3-6,8-9,13-14,21H,7H2,1-2H3,(H,23,24);/q;+1/p-1/t8-,9+,13+,14+;/m0./s1. The van der Waals surface area contributed by atoms with Crippen molar-refractivity contribution in [2.24, 2.45) is 11.8 Å². The number of benzene rings is 1. The second-order valence-electron chi connectivity index (χ2n) is 6.65. The van der Waals surface area contributed by atoms with E-state index in [0.717, 1.165) is 14.6 Å². The van der Waals surface area contributed by atoms with Crippen LogP contribution in [0.4, 0.5) is 0 Å². The second-order valence-corrected chi connectivity index (χ2v) is 8.90. The minimum Gasteiger partial charge on any atom is -0.543 e. The summed E-state index contributed by atoms with van der Waals surface area (Å²) < 4.78 is 1.94. The van der Waals surface area contributed by atoms with Crippen LogP contribution in [0.3, 0.4) is 0 Å². The number of fused-ring (bicyclic) bond motifs is 2. The fourth-order valence-electron chi connectivity index (χ4n) is 3.88. The first-order chi connectivity index (χ1) is 12.4. The molecule has 0 saturated carbocycles. The van der Waals surface area contributed by atoms with Gasteiger partial charge in [-0.05, 0) is 24.6 Å². The Morgan fingerprint density at radius 3 is 2.78 bits per heavy atom. The molecule has 1 N–H and O–H groups in total. The summed E-state index contributed by atoms with van der Waals surface area (Å²) in [4.78, 5) is 29.8. The molecule has 1 aromatic carbocycles. The van der Waals surface area contributed by atoms with Crippen LogP contribution in [0.25, 0.3) is 10.2 Å². The molecule has 27 heavy (non-hydrogen) atoms. The summed E-state index contributed by atoms with van der Waals surface area (Å²) in [5.41, 5.74) is 1.57. The molecular weight excluding hydrogens is 395 g/mol. The average molecular weight is 412 g/mol. The Hall–Kier alpha value is -0.900. The molecule has 2 aliphatic rings. The van der Waals surface area contributed by atoms with Gasteiger partial charge in [-0.1, -0.05) is 30.8 Å². The fraction of sp³-hybridized carbons (Fsp3) is 0.389. The van der Waals surface area contributed by atoms with E-state index < -0.39 is 18.0 Å². The molecule has 4 rings (SSSR count). The Bertz CT molecular complexity index is 909. The summed E-state index contributed by atoms with van der Waals surface area (Å²) in [7, 11) is 0. The number of aliphatic carboxylic acids is 1. The number of para-hydroxylation sites is 1. The number of thioether (sulfide) groups is 1. The van der Waals surface area contributed by atoms with Crippen molar-refractivity contribution in [1.29, 1.82) is 0 Å². The zero-order valence-electron chi connectivity index (χ0n) is 15.2. The summed E-state index contributed by atoms with van der Waals surface area (Å²) in [5.74, 6) is -1.93. The summed E-state index contributed by atoms with van der Waals surface area (Å²) in [6.45, 7) is 3.48. The Morgan fingerprint density at radius 1 is 1.44 bits per heavy atom. The largest absolute Gasteiger partial charge is 1.00 e. The second kappa shape index (κ2) is 7.85. The normalized spacial score (nSPS) is 25.2. The van der Waals surface area contributed by atoms with Gasteiger partial charge in [-0.3, -0.25) is 4.79 Å². The van der Waals surface area contributed by atoms with Gasteiger partial charge >= 0.3 is 29.6 Å². The van der Waals surface area contributed by atoms with E-state index in [-0.39, 0.29) is 53.1 Å². The summed E-state index contributed by atoms with van der Waals surface area (Å²) in [5, 5.41) is 21.5. The summed E-state index contributed by atoms with van der Waals surface area (Å²) in [6, 6.07) is 7.52. The monoisotopic (exact) mass is 412 g/mol. The smallest absolute Gasteiger partial charge is 0.543 e. The third kappa shape index (κ3) is 3.36. The van der Waals surface area contributed by atoms with Crippen LogP contribution in [0.5, 0.6) is 0 Å². The molecule has 6 nitrogen and oxygen atoms in total. The maximum absolute atomic E-state index is 12.3. The number of β-lactam (4-membered cyclic amide) rings is 1. The number of carboxylic acids is 1. The van der Waals surface area contributed by atoms with E-state index in [0.29, 0.717) is 11.3 Å². The minimum absolute atomic E-state index is 0. The van der Waals surface area contributed by atoms with Crippen LogP contribution < -0.4 is 34.7 Å². The first-order valence-corrected chi connectivity index (χ1v) is 10.1. The number of hydrogen-bond acceptors (Lipinski definition) is 7. The van der Waals surface area contributed by atoms with Crippen molar-refractivity contribution < 1.29 is 49.4 Å². The predicted octanol–water partition coefficient (Wildman–Crippen LogP) is -1.75. The number of carbonyl (C=O) groups is 2. The Kier molecular flexibility index (Phi) is 6.05. The van der Waals surface area contributed by atoms with Crippen molar-refractivity contribution in [2.75, 3.05) is 5.75 Å². The molecule has 4 atom stereocenters. The third-order valence-electron chi connectivity index (χ3n) is 5.13. The number of nitrogens with zero attached hydrogens (tertiary/aromatic N) is 2. The SMILES string of the molecule is C[C@@H](O)[C@H]1C(=O)N2C(C(=O)[O-])=C(CSc3nc4ccccc4s3)[C@H](C)[C@H]12.[Na+]. The van der Waals surface area contributed by atoms with Crippen LogP contribution >= 0.6 is 23.1 Å². The molecule has 3 heterocycles. The van der Waals surface area contributed by atoms with E-state index in [2.05, 4.69) is 4.98 Å². The molecule has 136 valence electrons. The van der Waals surface area contributed by atoms with Crippen LogP contribution in [0.15, 0.2) is 39.9 Å². The van der Waals surface area contributed by atoms with Crippen LogP contribution in [0, 0.1) is 11.8 Å². The van der Waals surface area contributed by atoms with E-state index in [1.807, 2.05) is 31.2 Å².